The highest BCUT2D eigenvalue weighted by Crippen LogP contribution is 2.42. The topological polar surface area (TPSA) is 0 Å². The molecule has 0 aliphatic carbocycles. The fraction of sp³-hybridized carbons (Fsp3) is 1.00. The van der Waals surface area contributed by atoms with E-state index in [9.17, 15) is 8.22 Å². The maximum absolute atomic E-state index is 14.4. The summed E-state index contributed by atoms with van der Waals surface area (Å²) in [7, 11) is -5.58. The molecule has 4 heteroatoms. The molecule has 0 nitrogen and oxygen atoms in total. The third kappa shape index (κ3) is 2.66. The van der Waals surface area contributed by atoms with E-state index in [0.29, 0.717) is 24.2 Å². The van der Waals surface area contributed by atoms with Crippen molar-refractivity contribution in [3.05, 3.63) is 0 Å². The zero-order chi connectivity index (χ0) is 11.4. The quantitative estimate of drug-likeness (QED) is 0.459. The summed E-state index contributed by atoms with van der Waals surface area (Å²) >= 11 is 0. The van der Waals surface area contributed by atoms with Gasteiger partial charge in [-0.1, -0.05) is 34.6 Å². The Hall–Kier alpha value is 0.294. The average molecular weight is 238 g/mol. The lowest BCUT2D eigenvalue weighted by atomic mass is 10.9. The molecule has 0 aromatic rings. The zero-order valence-electron chi connectivity index (χ0n) is 10.2. The molecule has 14 heavy (non-hydrogen) atoms. The first-order chi connectivity index (χ1) is 6.40. The van der Waals surface area contributed by atoms with Gasteiger partial charge in [0.15, 0.2) is 0 Å². The highest BCUT2D eigenvalue weighted by Gasteiger charge is 2.50. The monoisotopic (exact) mass is 238 g/mol. The van der Waals surface area contributed by atoms with Crippen LogP contribution in [0.15, 0.2) is 0 Å². The normalized spacial score (nSPS) is 13.7. The van der Waals surface area contributed by atoms with Gasteiger partial charge >= 0.3 is 0 Å². The first-order valence-corrected chi connectivity index (χ1v) is 10.5. The summed E-state index contributed by atoms with van der Waals surface area (Å²) in [5, 5.41) is -0.236. The Bertz CT molecular complexity index is 148. The van der Waals surface area contributed by atoms with E-state index in [1.807, 2.05) is 34.6 Å². The van der Waals surface area contributed by atoms with Gasteiger partial charge in [0, 0.05) is 5.16 Å². The number of rotatable bonds is 6. The fourth-order valence-corrected chi connectivity index (χ4v) is 11.8. The van der Waals surface area contributed by atoms with Gasteiger partial charge in [-0.2, -0.15) is 0 Å². The molecule has 0 aromatic carbocycles. The molecule has 0 unspecified atom stereocenters. The van der Waals surface area contributed by atoms with Gasteiger partial charge in [-0.15, -0.1) is 0 Å². The van der Waals surface area contributed by atoms with E-state index in [1.165, 1.54) is 0 Å². The summed E-state index contributed by atoms with van der Waals surface area (Å²) in [6, 6.07) is 2.29. The zero-order valence-corrected chi connectivity index (χ0v) is 12.2. The highest BCUT2D eigenvalue weighted by atomic mass is 28.4. The van der Waals surface area contributed by atoms with Gasteiger partial charge in [-0.25, -0.2) is 0 Å². The van der Waals surface area contributed by atoms with E-state index in [4.69, 9.17) is 0 Å². The first kappa shape index (κ1) is 14.3. The minimum absolute atomic E-state index is 0.236. The van der Waals surface area contributed by atoms with Crippen molar-refractivity contribution >= 4 is 16.8 Å². The molecule has 0 heterocycles. The summed E-state index contributed by atoms with van der Waals surface area (Å²) in [5.74, 6) is 0. The summed E-state index contributed by atoms with van der Waals surface area (Å²) in [5.41, 5.74) is 0. The van der Waals surface area contributed by atoms with Crippen molar-refractivity contribution in [3.63, 3.8) is 0 Å². The molecule has 0 amide bonds. The molecule has 0 bridgehead atoms. The van der Waals surface area contributed by atoms with Crippen LogP contribution in [0.2, 0.25) is 29.3 Å². The van der Waals surface area contributed by atoms with Crippen LogP contribution in [-0.4, -0.2) is 16.8 Å². The van der Waals surface area contributed by atoms with Gasteiger partial charge in [0.1, 0.15) is 0 Å². The van der Waals surface area contributed by atoms with E-state index >= 15 is 0 Å². The van der Waals surface area contributed by atoms with Gasteiger partial charge in [0.05, 0.1) is 0 Å². The van der Waals surface area contributed by atoms with Gasteiger partial charge in [0.2, 0.25) is 16.8 Å². The lowest BCUT2D eigenvalue weighted by Crippen LogP contribution is -2.47. The summed E-state index contributed by atoms with van der Waals surface area (Å²) in [4.78, 5) is 0. The van der Waals surface area contributed by atoms with E-state index in [2.05, 4.69) is 0 Å². The molecule has 0 atom stereocenters. The Kier molecular flexibility index (Phi) is 5.51. The number of halogens is 2. The Morgan fingerprint density at radius 2 is 1.00 bits per heavy atom. The molecule has 0 spiro atoms. The maximum atomic E-state index is 14.4. The van der Waals surface area contributed by atoms with Gasteiger partial charge in [-0.3, -0.25) is 0 Å². The average Bonchev–Trinajstić information content (AvgIpc) is 2.25. The van der Waals surface area contributed by atoms with Crippen LogP contribution >= 0.6 is 0 Å². The van der Waals surface area contributed by atoms with E-state index in [1.54, 1.807) is 0 Å². The molecular weight excluding hydrogens is 214 g/mol. The van der Waals surface area contributed by atoms with E-state index in [0.717, 1.165) is 0 Å². The van der Waals surface area contributed by atoms with Crippen LogP contribution in [0.5, 0.6) is 0 Å². The van der Waals surface area contributed by atoms with Crippen LogP contribution < -0.4 is 0 Å². The Balaban J connectivity index is 4.80. The van der Waals surface area contributed by atoms with Crippen LogP contribution in [0, 0.1) is 0 Å². The summed E-state index contributed by atoms with van der Waals surface area (Å²) in [6.45, 7) is 9.36. The summed E-state index contributed by atoms with van der Waals surface area (Å²) < 4.78 is 28.9. The molecule has 0 N–H and O–H groups in total. The molecule has 0 rings (SSSR count). The fourth-order valence-electron chi connectivity index (χ4n) is 2.19. The molecule has 0 radical (unpaired) electrons. The molecule has 0 saturated carbocycles. The van der Waals surface area contributed by atoms with Crippen LogP contribution in [0.1, 0.15) is 34.6 Å². The van der Waals surface area contributed by atoms with E-state index in [-0.39, 0.29) is 5.16 Å². The Labute approximate surface area is 89.5 Å². The van der Waals surface area contributed by atoms with Crippen LogP contribution in [0.25, 0.3) is 0 Å². The van der Waals surface area contributed by atoms with Gasteiger partial charge < -0.3 is 8.22 Å². The smallest absolute Gasteiger partial charge is 0.249 e. The highest BCUT2D eigenvalue weighted by molar-refractivity contribution is 6.93. The third-order valence-corrected chi connectivity index (χ3v) is 14.8. The molecule has 0 saturated heterocycles. The number of hydrogen-bond acceptors (Lipinski definition) is 0. The van der Waals surface area contributed by atoms with Crippen molar-refractivity contribution in [2.24, 2.45) is 0 Å². The standard InChI is InChI=1S/C10H24F2Si2/c1-6-13(11,7-2)10(5)14(12,8-3)9-4/h10H,6-9H2,1-5H3. The second-order valence-corrected chi connectivity index (χ2v) is 13.5. The van der Waals surface area contributed by atoms with Crippen molar-refractivity contribution in [3.8, 4) is 0 Å². The van der Waals surface area contributed by atoms with Crippen molar-refractivity contribution in [2.75, 3.05) is 0 Å². The second kappa shape index (κ2) is 5.40. The minimum Gasteiger partial charge on any atom is -0.314 e. The second-order valence-electron chi connectivity index (χ2n) is 4.21. The van der Waals surface area contributed by atoms with Crippen LogP contribution in [-0.2, 0) is 0 Å². The largest absolute Gasteiger partial charge is 0.314 e. The van der Waals surface area contributed by atoms with Crippen molar-refractivity contribution in [1.29, 1.82) is 0 Å². The van der Waals surface area contributed by atoms with Crippen LogP contribution in [0.4, 0.5) is 8.22 Å². The Morgan fingerprint density at radius 3 is 1.14 bits per heavy atom. The molecule has 0 fully saturated rings. The first-order valence-electron chi connectivity index (χ1n) is 5.78. The molecule has 86 valence electrons. The molecule has 0 aliphatic heterocycles. The SMILES string of the molecule is CC[Si](F)(CC)C(C)[Si](F)(CC)CC. The third-order valence-electron chi connectivity index (χ3n) is 3.90. The van der Waals surface area contributed by atoms with Crippen molar-refractivity contribution in [2.45, 2.75) is 64.0 Å². The predicted octanol–water partition coefficient (Wildman–Crippen LogP) is 4.83. The number of hydrogen-bond donors (Lipinski definition) is 0. The predicted molar refractivity (Wildman–Crippen MR) is 65.1 cm³/mol. The van der Waals surface area contributed by atoms with Gasteiger partial charge in [0.25, 0.3) is 0 Å². The molecular formula is C10H24F2Si2. The molecule has 0 aromatic heterocycles. The van der Waals surface area contributed by atoms with Crippen LogP contribution in [0.3, 0.4) is 0 Å². The summed E-state index contributed by atoms with van der Waals surface area (Å²) in [6.07, 6.45) is 0. The van der Waals surface area contributed by atoms with E-state index < -0.39 is 16.8 Å². The van der Waals surface area contributed by atoms with Crippen molar-refractivity contribution in [1.82, 2.24) is 0 Å². The minimum atomic E-state index is -2.79. The lowest BCUT2D eigenvalue weighted by molar-refractivity contribution is 0.682. The molecule has 0 aliphatic rings. The lowest BCUT2D eigenvalue weighted by Gasteiger charge is -2.35. The van der Waals surface area contributed by atoms with Gasteiger partial charge in [-0.05, 0) is 24.2 Å². The maximum Gasteiger partial charge on any atom is 0.249 e. The Morgan fingerprint density at radius 1 is 0.786 bits per heavy atom. The van der Waals surface area contributed by atoms with Crippen molar-refractivity contribution < 1.29 is 8.22 Å².